The second-order valence-electron chi connectivity index (χ2n) is 2.51. The third-order valence-corrected chi connectivity index (χ3v) is 1.50. The molecule has 1 aromatic rings. The quantitative estimate of drug-likeness (QED) is 0.792. The molecule has 15 heavy (non-hydrogen) atoms. The van der Waals surface area contributed by atoms with Crippen molar-refractivity contribution in [1.29, 1.82) is 0 Å². The summed E-state index contributed by atoms with van der Waals surface area (Å²) in [4.78, 5) is 10.6. The van der Waals surface area contributed by atoms with Gasteiger partial charge in [0, 0.05) is 6.07 Å². The number of benzene rings is 1. The minimum Gasteiger partial charge on any atom is -0.432 e. The van der Waals surface area contributed by atoms with Crippen molar-refractivity contribution in [3.63, 3.8) is 0 Å². The second-order valence-corrected chi connectivity index (χ2v) is 2.51. The average Bonchev–Trinajstić information content (AvgIpc) is 2.08. The van der Waals surface area contributed by atoms with E-state index in [4.69, 9.17) is 5.73 Å². The number of amides is 1. The highest BCUT2D eigenvalue weighted by Gasteiger charge is 2.17. The fourth-order valence-electron chi connectivity index (χ4n) is 0.904. The molecule has 1 rings (SSSR count). The first-order chi connectivity index (χ1) is 6.91. The van der Waals surface area contributed by atoms with Crippen LogP contribution < -0.4 is 10.5 Å². The second kappa shape index (κ2) is 4.16. The number of nitrogens with two attached hydrogens (primary N) is 1. The summed E-state index contributed by atoms with van der Waals surface area (Å²) in [5.74, 6) is -4.70. The summed E-state index contributed by atoms with van der Waals surface area (Å²) < 4.78 is 52.8. The summed E-state index contributed by atoms with van der Waals surface area (Å²) in [6.07, 6.45) is 0. The number of carbonyl (C=O) groups excluding carboxylic acids is 1. The van der Waals surface area contributed by atoms with Crippen LogP contribution in [0, 0.1) is 11.6 Å². The maximum atomic E-state index is 12.8. The van der Waals surface area contributed by atoms with Gasteiger partial charge in [-0.25, -0.2) is 8.78 Å². The number of hydrogen-bond donors (Lipinski definition) is 1. The van der Waals surface area contributed by atoms with E-state index in [1.807, 2.05) is 0 Å². The minimum absolute atomic E-state index is 0.248. The monoisotopic (exact) mass is 223 g/mol. The van der Waals surface area contributed by atoms with Crippen molar-refractivity contribution in [2.75, 3.05) is 0 Å². The minimum atomic E-state index is -3.27. The van der Waals surface area contributed by atoms with Crippen LogP contribution in [0.25, 0.3) is 0 Å². The smallest absolute Gasteiger partial charge is 0.387 e. The van der Waals surface area contributed by atoms with Crippen molar-refractivity contribution in [1.82, 2.24) is 0 Å². The van der Waals surface area contributed by atoms with Crippen LogP contribution in [0.15, 0.2) is 12.1 Å². The van der Waals surface area contributed by atoms with E-state index in [1.165, 1.54) is 0 Å². The number of ether oxygens (including phenoxy) is 1. The van der Waals surface area contributed by atoms with Gasteiger partial charge in [0.1, 0.15) is 5.82 Å². The predicted molar refractivity (Wildman–Crippen MR) is 41.5 cm³/mol. The van der Waals surface area contributed by atoms with Crippen molar-refractivity contribution < 1.29 is 27.1 Å². The molecule has 1 aromatic carbocycles. The Kier molecular flexibility index (Phi) is 3.13. The van der Waals surface area contributed by atoms with Crippen molar-refractivity contribution in [3.05, 3.63) is 29.3 Å². The van der Waals surface area contributed by atoms with Gasteiger partial charge in [-0.15, -0.1) is 0 Å². The summed E-state index contributed by atoms with van der Waals surface area (Å²) in [5.41, 5.74) is 4.00. The van der Waals surface area contributed by atoms with Crippen LogP contribution in [-0.2, 0) is 0 Å². The van der Waals surface area contributed by atoms with Gasteiger partial charge < -0.3 is 10.5 Å². The summed E-state index contributed by atoms with van der Waals surface area (Å²) in [5, 5.41) is 0. The molecule has 0 radical (unpaired) electrons. The Balaban J connectivity index is 3.17. The predicted octanol–water partition coefficient (Wildman–Crippen LogP) is 1.67. The molecule has 1 amide bonds. The Labute approximate surface area is 81.4 Å². The van der Waals surface area contributed by atoms with Gasteiger partial charge in [-0.1, -0.05) is 0 Å². The fraction of sp³-hybridized carbons (Fsp3) is 0.125. The molecule has 3 nitrogen and oxygen atoms in total. The molecule has 0 unspecified atom stereocenters. The standard InChI is InChI=1S/C8H5F4NO2/c9-4-2-5(10)6(15-8(11)12)1-3(4)7(13)14/h1-2,8H,(H2,13,14). The zero-order chi connectivity index (χ0) is 11.6. The fourth-order valence-corrected chi connectivity index (χ4v) is 0.904. The molecule has 2 N–H and O–H groups in total. The van der Waals surface area contributed by atoms with Crippen LogP contribution in [0.4, 0.5) is 17.6 Å². The molecule has 0 aromatic heterocycles. The van der Waals surface area contributed by atoms with E-state index in [2.05, 4.69) is 4.74 Å². The number of halogens is 4. The zero-order valence-corrected chi connectivity index (χ0v) is 7.14. The van der Waals surface area contributed by atoms with Gasteiger partial charge >= 0.3 is 6.61 Å². The zero-order valence-electron chi connectivity index (χ0n) is 7.14. The molecule has 0 fully saturated rings. The Bertz CT molecular complexity index is 394. The normalized spacial score (nSPS) is 10.5. The van der Waals surface area contributed by atoms with E-state index in [0.717, 1.165) is 0 Å². The number of alkyl halides is 2. The van der Waals surface area contributed by atoms with E-state index >= 15 is 0 Å². The molecule has 0 saturated carbocycles. The number of rotatable bonds is 3. The first-order valence-corrected chi connectivity index (χ1v) is 3.65. The van der Waals surface area contributed by atoms with Crippen molar-refractivity contribution >= 4 is 5.91 Å². The molecule has 7 heteroatoms. The first kappa shape index (κ1) is 11.3. The molecule has 0 heterocycles. The van der Waals surface area contributed by atoms with Crippen LogP contribution in [0.5, 0.6) is 5.75 Å². The lowest BCUT2D eigenvalue weighted by Crippen LogP contribution is -2.14. The van der Waals surface area contributed by atoms with Gasteiger partial charge in [-0.2, -0.15) is 8.78 Å². The Morgan fingerprint density at radius 3 is 2.33 bits per heavy atom. The van der Waals surface area contributed by atoms with E-state index in [9.17, 15) is 22.4 Å². The van der Waals surface area contributed by atoms with E-state index in [1.54, 1.807) is 0 Å². The van der Waals surface area contributed by atoms with E-state index in [-0.39, 0.29) is 6.07 Å². The maximum absolute atomic E-state index is 12.8. The topological polar surface area (TPSA) is 52.3 Å². The van der Waals surface area contributed by atoms with Gasteiger partial charge in [-0.05, 0) is 6.07 Å². The Morgan fingerprint density at radius 2 is 1.87 bits per heavy atom. The molecule has 82 valence electrons. The van der Waals surface area contributed by atoms with Crippen LogP contribution in [0.1, 0.15) is 10.4 Å². The van der Waals surface area contributed by atoms with Crippen molar-refractivity contribution in [3.8, 4) is 5.75 Å². The van der Waals surface area contributed by atoms with Crippen LogP contribution >= 0.6 is 0 Å². The van der Waals surface area contributed by atoms with Crippen molar-refractivity contribution in [2.24, 2.45) is 5.73 Å². The molecular formula is C8H5F4NO2. The number of primary amides is 1. The van der Waals surface area contributed by atoms with Crippen LogP contribution in [0.3, 0.4) is 0 Å². The van der Waals surface area contributed by atoms with Gasteiger partial charge in [0.25, 0.3) is 5.91 Å². The molecule has 0 aliphatic carbocycles. The lowest BCUT2D eigenvalue weighted by Gasteiger charge is -2.07. The first-order valence-electron chi connectivity index (χ1n) is 3.65. The molecule has 0 aliphatic rings. The number of carbonyl (C=O) groups is 1. The highest BCUT2D eigenvalue weighted by atomic mass is 19.3. The number of hydrogen-bond acceptors (Lipinski definition) is 2. The molecule has 0 saturated heterocycles. The van der Waals surface area contributed by atoms with Crippen LogP contribution in [0.2, 0.25) is 0 Å². The third-order valence-electron chi connectivity index (χ3n) is 1.50. The lowest BCUT2D eigenvalue weighted by atomic mass is 10.2. The highest BCUT2D eigenvalue weighted by Crippen LogP contribution is 2.23. The summed E-state index contributed by atoms with van der Waals surface area (Å²) in [6.45, 7) is -3.27. The molecule has 0 atom stereocenters. The largest absolute Gasteiger partial charge is 0.432 e. The van der Waals surface area contributed by atoms with Gasteiger partial charge in [0.15, 0.2) is 11.6 Å². The third kappa shape index (κ3) is 2.58. The summed E-state index contributed by atoms with van der Waals surface area (Å²) in [6, 6.07) is 0.733. The molecular weight excluding hydrogens is 218 g/mol. The molecule has 0 aliphatic heterocycles. The van der Waals surface area contributed by atoms with E-state index < -0.39 is 35.5 Å². The molecule has 0 spiro atoms. The van der Waals surface area contributed by atoms with Gasteiger partial charge in [0.05, 0.1) is 5.56 Å². The van der Waals surface area contributed by atoms with Crippen LogP contribution in [-0.4, -0.2) is 12.5 Å². The molecule has 0 bridgehead atoms. The lowest BCUT2D eigenvalue weighted by molar-refractivity contribution is -0.0523. The Morgan fingerprint density at radius 1 is 1.27 bits per heavy atom. The summed E-state index contributed by atoms with van der Waals surface area (Å²) >= 11 is 0. The highest BCUT2D eigenvalue weighted by molar-refractivity contribution is 5.93. The maximum Gasteiger partial charge on any atom is 0.387 e. The Hall–Kier alpha value is -1.79. The SMILES string of the molecule is NC(=O)c1cc(OC(F)F)c(F)cc1F. The van der Waals surface area contributed by atoms with E-state index in [0.29, 0.717) is 6.07 Å². The average molecular weight is 223 g/mol. The van der Waals surface area contributed by atoms with Gasteiger partial charge in [-0.3, -0.25) is 4.79 Å². The van der Waals surface area contributed by atoms with Gasteiger partial charge in [0.2, 0.25) is 0 Å². The summed E-state index contributed by atoms with van der Waals surface area (Å²) in [7, 11) is 0. The van der Waals surface area contributed by atoms with Crippen molar-refractivity contribution in [2.45, 2.75) is 6.61 Å².